The van der Waals surface area contributed by atoms with Gasteiger partial charge >= 0.3 is 0 Å². The summed E-state index contributed by atoms with van der Waals surface area (Å²) in [5, 5.41) is 6.15. The summed E-state index contributed by atoms with van der Waals surface area (Å²) in [6, 6.07) is 10.0. The Morgan fingerprint density at radius 2 is 1.88 bits per heavy atom. The molecule has 6 heteroatoms. The molecule has 0 spiro atoms. The summed E-state index contributed by atoms with van der Waals surface area (Å²) in [5.41, 5.74) is 2.27. The monoisotopic (exact) mass is 325 g/mol. The molecule has 0 bridgehead atoms. The number of carbonyl (C=O) groups is 1. The molecule has 6 nitrogen and oxygen atoms in total. The molecule has 0 aliphatic heterocycles. The average molecular weight is 325 g/mol. The Balaban J connectivity index is 1.65. The number of nitrogens with one attached hydrogen (secondary N) is 2. The SMILES string of the molecule is CCN(CC)c1ccc(NC(=O)c2cc(NC3CC3)ncn2)cc1. The first kappa shape index (κ1) is 16.2. The Morgan fingerprint density at radius 3 is 2.50 bits per heavy atom. The van der Waals surface area contributed by atoms with Gasteiger partial charge in [0.05, 0.1) is 0 Å². The fraction of sp³-hybridized carbons (Fsp3) is 0.389. The molecule has 1 heterocycles. The molecule has 24 heavy (non-hydrogen) atoms. The van der Waals surface area contributed by atoms with E-state index >= 15 is 0 Å². The van der Waals surface area contributed by atoms with Gasteiger partial charge in [-0.3, -0.25) is 4.79 Å². The van der Waals surface area contributed by atoms with Gasteiger partial charge in [-0.2, -0.15) is 0 Å². The first-order valence-corrected chi connectivity index (χ1v) is 8.44. The fourth-order valence-corrected chi connectivity index (χ4v) is 2.54. The highest BCUT2D eigenvalue weighted by atomic mass is 16.1. The highest BCUT2D eigenvalue weighted by Gasteiger charge is 2.21. The predicted octanol–water partition coefficient (Wildman–Crippen LogP) is 3.15. The van der Waals surface area contributed by atoms with Crippen molar-refractivity contribution in [2.75, 3.05) is 28.6 Å². The van der Waals surface area contributed by atoms with E-state index in [0.717, 1.165) is 37.3 Å². The van der Waals surface area contributed by atoms with Crippen LogP contribution in [0.25, 0.3) is 0 Å². The summed E-state index contributed by atoms with van der Waals surface area (Å²) in [5.74, 6) is 0.473. The van der Waals surface area contributed by atoms with Gasteiger partial charge in [0.15, 0.2) is 0 Å². The van der Waals surface area contributed by atoms with Gasteiger partial charge in [-0.05, 0) is 51.0 Å². The summed E-state index contributed by atoms with van der Waals surface area (Å²) in [7, 11) is 0. The van der Waals surface area contributed by atoms with E-state index in [0.29, 0.717) is 17.6 Å². The van der Waals surface area contributed by atoms with Gasteiger partial charge in [-0.15, -0.1) is 0 Å². The number of rotatable bonds is 7. The lowest BCUT2D eigenvalue weighted by molar-refractivity contribution is 0.102. The lowest BCUT2D eigenvalue weighted by Crippen LogP contribution is -2.21. The van der Waals surface area contributed by atoms with E-state index in [1.807, 2.05) is 24.3 Å². The molecule has 2 N–H and O–H groups in total. The molecular formula is C18H23N5O. The lowest BCUT2D eigenvalue weighted by atomic mass is 10.2. The third kappa shape index (κ3) is 4.01. The molecule has 2 aromatic rings. The van der Waals surface area contributed by atoms with Gasteiger partial charge < -0.3 is 15.5 Å². The van der Waals surface area contributed by atoms with Crippen molar-refractivity contribution < 1.29 is 4.79 Å². The molecule has 1 aliphatic rings. The minimum absolute atomic E-state index is 0.230. The number of hydrogen-bond acceptors (Lipinski definition) is 5. The fourth-order valence-electron chi connectivity index (χ4n) is 2.54. The van der Waals surface area contributed by atoms with E-state index in [4.69, 9.17) is 0 Å². The summed E-state index contributed by atoms with van der Waals surface area (Å²) in [4.78, 5) is 22.8. The normalized spacial score (nSPS) is 13.4. The van der Waals surface area contributed by atoms with Crippen LogP contribution in [-0.4, -0.2) is 35.0 Å². The van der Waals surface area contributed by atoms with Crippen LogP contribution in [0.3, 0.4) is 0 Å². The lowest BCUT2D eigenvalue weighted by Gasteiger charge is -2.21. The van der Waals surface area contributed by atoms with Crippen molar-refractivity contribution in [3.63, 3.8) is 0 Å². The molecule has 1 aromatic carbocycles. The van der Waals surface area contributed by atoms with Crippen molar-refractivity contribution in [3.8, 4) is 0 Å². The Hall–Kier alpha value is -2.63. The molecule has 1 saturated carbocycles. The number of carbonyl (C=O) groups excluding carboxylic acids is 1. The van der Waals surface area contributed by atoms with Crippen LogP contribution in [0.2, 0.25) is 0 Å². The van der Waals surface area contributed by atoms with E-state index < -0.39 is 0 Å². The summed E-state index contributed by atoms with van der Waals surface area (Å²) in [6.07, 6.45) is 3.73. The summed E-state index contributed by atoms with van der Waals surface area (Å²) in [6.45, 7) is 6.17. The largest absolute Gasteiger partial charge is 0.372 e. The maximum atomic E-state index is 12.4. The van der Waals surface area contributed by atoms with Crippen LogP contribution in [0.5, 0.6) is 0 Å². The van der Waals surface area contributed by atoms with Gasteiger partial charge in [-0.1, -0.05) is 0 Å². The van der Waals surface area contributed by atoms with E-state index in [1.165, 1.54) is 6.33 Å². The molecule has 126 valence electrons. The van der Waals surface area contributed by atoms with Crippen molar-refractivity contribution in [1.82, 2.24) is 9.97 Å². The van der Waals surface area contributed by atoms with Crippen LogP contribution < -0.4 is 15.5 Å². The number of aromatic nitrogens is 2. The van der Waals surface area contributed by atoms with E-state index in [1.54, 1.807) is 6.07 Å². The Labute approximate surface area is 142 Å². The minimum atomic E-state index is -0.230. The molecule has 0 unspecified atom stereocenters. The first-order valence-electron chi connectivity index (χ1n) is 8.44. The second-order valence-corrected chi connectivity index (χ2v) is 5.88. The standard InChI is InChI=1S/C18H23N5O/c1-3-23(4-2)15-9-7-14(8-10-15)22-18(24)16-11-17(20-12-19-16)21-13-5-6-13/h7-13H,3-6H2,1-2H3,(H,22,24)(H,19,20,21). The van der Waals surface area contributed by atoms with Gasteiger partial charge in [0.2, 0.25) is 0 Å². The molecular weight excluding hydrogens is 302 g/mol. The zero-order valence-electron chi connectivity index (χ0n) is 14.1. The van der Waals surface area contributed by atoms with Crippen LogP contribution >= 0.6 is 0 Å². The van der Waals surface area contributed by atoms with Crippen LogP contribution in [0.4, 0.5) is 17.2 Å². The highest BCUT2D eigenvalue weighted by Crippen LogP contribution is 2.23. The Kier molecular flexibility index (Phi) is 4.93. The molecule has 3 rings (SSSR count). The third-order valence-corrected chi connectivity index (χ3v) is 4.08. The molecule has 1 aromatic heterocycles. The van der Waals surface area contributed by atoms with Crippen LogP contribution in [0.15, 0.2) is 36.7 Å². The van der Waals surface area contributed by atoms with Crippen LogP contribution in [-0.2, 0) is 0 Å². The van der Waals surface area contributed by atoms with Gasteiger partial charge in [0, 0.05) is 36.6 Å². The zero-order chi connectivity index (χ0) is 16.9. The van der Waals surface area contributed by atoms with Crippen molar-refractivity contribution >= 4 is 23.1 Å². The highest BCUT2D eigenvalue weighted by molar-refractivity contribution is 6.03. The second-order valence-electron chi connectivity index (χ2n) is 5.88. The smallest absolute Gasteiger partial charge is 0.274 e. The molecule has 0 atom stereocenters. The van der Waals surface area contributed by atoms with E-state index in [2.05, 4.69) is 39.3 Å². The molecule has 1 amide bonds. The minimum Gasteiger partial charge on any atom is -0.372 e. The van der Waals surface area contributed by atoms with Crippen molar-refractivity contribution in [2.24, 2.45) is 0 Å². The number of benzene rings is 1. The van der Waals surface area contributed by atoms with Crippen molar-refractivity contribution in [3.05, 3.63) is 42.4 Å². The van der Waals surface area contributed by atoms with E-state index in [-0.39, 0.29) is 5.91 Å². The zero-order valence-corrected chi connectivity index (χ0v) is 14.1. The maximum Gasteiger partial charge on any atom is 0.274 e. The van der Waals surface area contributed by atoms with E-state index in [9.17, 15) is 4.79 Å². The molecule has 1 fully saturated rings. The molecule has 0 radical (unpaired) electrons. The number of nitrogens with zero attached hydrogens (tertiary/aromatic N) is 3. The summed E-state index contributed by atoms with van der Waals surface area (Å²) >= 11 is 0. The number of hydrogen-bond donors (Lipinski definition) is 2. The van der Waals surface area contributed by atoms with Crippen LogP contribution in [0.1, 0.15) is 37.2 Å². The Morgan fingerprint density at radius 1 is 1.17 bits per heavy atom. The quantitative estimate of drug-likeness (QED) is 0.818. The number of amides is 1. The van der Waals surface area contributed by atoms with Crippen molar-refractivity contribution in [2.45, 2.75) is 32.7 Å². The average Bonchev–Trinajstić information content (AvgIpc) is 3.41. The van der Waals surface area contributed by atoms with Gasteiger partial charge in [0.25, 0.3) is 5.91 Å². The van der Waals surface area contributed by atoms with Gasteiger partial charge in [0.1, 0.15) is 17.8 Å². The molecule has 1 aliphatic carbocycles. The second kappa shape index (κ2) is 7.29. The Bertz CT molecular complexity index is 693. The predicted molar refractivity (Wildman–Crippen MR) is 96.6 cm³/mol. The first-order chi connectivity index (χ1) is 11.7. The van der Waals surface area contributed by atoms with Crippen molar-refractivity contribution in [1.29, 1.82) is 0 Å². The number of anilines is 3. The van der Waals surface area contributed by atoms with Gasteiger partial charge in [-0.25, -0.2) is 9.97 Å². The summed E-state index contributed by atoms with van der Waals surface area (Å²) < 4.78 is 0. The van der Waals surface area contributed by atoms with Crippen LogP contribution in [0, 0.1) is 0 Å². The molecule has 0 saturated heterocycles. The third-order valence-electron chi connectivity index (χ3n) is 4.08. The topological polar surface area (TPSA) is 70.2 Å². The maximum absolute atomic E-state index is 12.4.